The SMILES string of the molecule is CCCCCCCC/C=C\CCCCCCCCCCOCC(CO)OC(=O)CCCCCCCCCCCCCCCCC. The summed E-state index contributed by atoms with van der Waals surface area (Å²) in [4.78, 5) is 12.2. The largest absolute Gasteiger partial charge is 0.457 e. The summed E-state index contributed by atoms with van der Waals surface area (Å²) in [6.45, 7) is 5.37. The van der Waals surface area contributed by atoms with Crippen LogP contribution in [0.2, 0.25) is 0 Å². The van der Waals surface area contributed by atoms with E-state index in [0.717, 1.165) is 19.3 Å². The molecule has 1 N–H and O–H groups in total. The molecule has 45 heavy (non-hydrogen) atoms. The fourth-order valence-corrected chi connectivity index (χ4v) is 6.03. The van der Waals surface area contributed by atoms with Crippen LogP contribution in [0.5, 0.6) is 0 Å². The van der Waals surface area contributed by atoms with Gasteiger partial charge in [0.05, 0.1) is 13.2 Å². The molecule has 268 valence electrons. The number of hydrogen-bond donors (Lipinski definition) is 1. The number of esters is 1. The molecule has 0 bridgehead atoms. The lowest BCUT2D eigenvalue weighted by Gasteiger charge is -2.16. The third-order valence-electron chi connectivity index (χ3n) is 9.09. The summed E-state index contributed by atoms with van der Waals surface area (Å²) < 4.78 is 11.1. The highest BCUT2D eigenvalue weighted by Crippen LogP contribution is 2.15. The number of aliphatic hydroxyl groups is 1. The molecule has 0 aliphatic carbocycles. The minimum Gasteiger partial charge on any atom is -0.457 e. The molecule has 0 fully saturated rings. The molecule has 0 radical (unpaired) electrons. The van der Waals surface area contributed by atoms with Gasteiger partial charge in [0, 0.05) is 13.0 Å². The summed E-state index contributed by atoms with van der Waals surface area (Å²) in [5.41, 5.74) is 0. The second-order valence-electron chi connectivity index (χ2n) is 13.7. The molecule has 0 aromatic rings. The van der Waals surface area contributed by atoms with Crippen molar-refractivity contribution < 1.29 is 19.4 Å². The molecular formula is C41H80O4. The van der Waals surface area contributed by atoms with Crippen molar-refractivity contribution in [3.63, 3.8) is 0 Å². The van der Waals surface area contributed by atoms with Gasteiger partial charge in [0.2, 0.25) is 0 Å². The number of carbonyl (C=O) groups is 1. The van der Waals surface area contributed by atoms with Crippen LogP contribution < -0.4 is 0 Å². The van der Waals surface area contributed by atoms with Crippen LogP contribution in [0.3, 0.4) is 0 Å². The molecule has 0 spiro atoms. The van der Waals surface area contributed by atoms with Gasteiger partial charge in [-0.3, -0.25) is 4.79 Å². The van der Waals surface area contributed by atoms with Crippen molar-refractivity contribution in [2.75, 3.05) is 19.8 Å². The van der Waals surface area contributed by atoms with E-state index in [1.807, 2.05) is 0 Å². The van der Waals surface area contributed by atoms with Crippen LogP contribution in [0.1, 0.15) is 219 Å². The van der Waals surface area contributed by atoms with Crippen LogP contribution in [0.4, 0.5) is 0 Å². The minimum absolute atomic E-state index is 0.167. The average Bonchev–Trinajstić information content (AvgIpc) is 3.05. The predicted octanol–water partition coefficient (Wildman–Crippen LogP) is 13.0. The monoisotopic (exact) mass is 637 g/mol. The second kappa shape index (κ2) is 39.3. The van der Waals surface area contributed by atoms with E-state index in [1.165, 1.54) is 180 Å². The maximum Gasteiger partial charge on any atom is 0.306 e. The van der Waals surface area contributed by atoms with E-state index in [4.69, 9.17) is 9.47 Å². The van der Waals surface area contributed by atoms with E-state index < -0.39 is 6.10 Å². The summed E-state index contributed by atoms with van der Waals surface area (Å²) in [7, 11) is 0. The number of aliphatic hydroxyl groups excluding tert-OH is 1. The molecule has 0 heterocycles. The number of hydrogen-bond acceptors (Lipinski definition) is 4. The first-order valence-corrected chi connectivity index (χ1v) is 20.3. The Morgan fingerprint density at radius 1 is 0.511 bits per heavy atom. The molecule has 4 nitrogen and oxygen atoms in total. The smallest absolute Gasteiger partial charge is 0.306 e. The van der Waals surface area contributed by atoms with Crippen LogP contribution >= 0.6 is 0 Å². The number of unbranched alkanes of at least 4 members (excludes halogenated alkanes) is 28. The van der Waals surface area contributed by atoms with Gasteiger partial charge in [-0.25, -0.2) is 0 Å². The van der Waals surface area contributed by atoms with Crippen LogP contribution in [-0.4, -0.2) is 37.0 Å². The Morgan fingerprint density at radius 2 is 0.867 bits per heavy atom. The van der Waals surface area contributed by atoms with E-state index in [2.05, 4.69) is 26.0 Å². The third kappa shape index (κ3) is 37.5. The average molecular weight is 637 g/mol. The second-order valence-corrected chi connectivity index (χ2v) is 13.7. The van der Waals surface area contributed by atoms with Crippen molar-refractivity contribution in [2.24, 2.45) is 0 Å². The molecule has 0 aliphatic heterocycles. The lowest BCUT2D eigenvalue weighted by molar-refractivity contribution is -0.154. The standard InChI is InChI=1S/C41H80O4/c1-3-5-7-9-11-13-15-17-19-20-21-23-25-27-29-31-33-35-37-44-39-40(38-42)45-41(43)36-34-32-30-28-26-24-22-18-16-14-12-10-8-6-4-2/h17,19,40,42H,3-16,18,20-39H2,1-2H3/b19-17-. The van der Waals surface area contributed by atoms with Crippen LogP contribution in [0.15, 0.2) is 12.2 Å². The van der Waals surface area contributed by atoms with E-state index in [1.54, 1.807) is 0 Å². The van der Waals surface area contributed by atoms with Crippen molar-refractivity contribution in [2.45, 2.75) is 225 Å². The van der Waals surface area contributed by atoms with Crippen molar-refractivity contribution in [1.29, 1.82) is 0 Å². The van der Waals surface area contributed by atoms with E-state index in [-0.39, 0.29) is 12.6 Å². The zero-order valence-corrected chi connectivity index (χ0v) is 30.7. The summed E-state index contributed by atoms with van der Waals surface area (Å²) in [5, 5.41) is 9.58. The van der Waals surface area contributed by atoms with Gasteiger partial charge in [0.15, 0.2) is 0 Å². The quantitative estimate of drug-likeness (QED) is 0.0416. The van der Waals surface area contributed by atoms with Crippen LogP contribution in [0, 0.1) is 0 Å². The Bertz CT molecular complexity index is 590. The first-order chi connectivity index (χ1) is 22.2. The molecule has 0 rings (SSSR count). The minimum atomic E-state index is -0.528. The fraction of sp³-hybridized carbons (Fsp3) is 0.927. The highest BCUT2D eigenvalue weighted by Gasteiger charge is 2.13. The Labute approximate surface area is 282 Å². The van der Waals surface area contributed by atoms with Crippen molar-refractivity contribution in [1.82, 2.24) is 0 Å². The fourth-order valence-electron chi connectivity index (χ4n) is 6.03. The van der Waals surface area contributed by atoms with E-state index in [0.29, 0.717) is 19.6 Å². The maximum atomic E-state index is 12.2. The Kier molecular flexibility index (Phi) is 38.5. The zero-order valence-electron chi connectivity index (χ0n) is 30.7. The molecular weight excluding hydrogens is 556 g/mol. The Hall–Kier alpha value is -0.870. The van der Waals surface area contributed by atoms with Gasteiger partial charge in [0.1, 0.15) is 6.10 Å². The zero-order chi connectivity index (χ0) is 32.7. The summed E-state index contributed by atoms with van der Waals surface area (Å²) >= 11 is 0. The number of ether oxygens (including phenoxy) is 2. The molecule has 0 aliphatic rings. The van der Waals surface area contributed by atoms with E-state index in [9.17, 15) is 9.90 Å². The van der Waals surface area contributed by atoms with Gasteiger partial charge in [-0.2, -0.15) is 0 Å². The van der Waals surface area contributed by atoms with Gasteiger partial charge in [-0.15, -0.1) is 0 Å². The van der Waals surface area contributed by atoms with Crippen molar-refractivity contribution >= 4 is 5.97 Å². The molecule has 4 heteroatoms. The normalized spacial score (nSPS) is 12.3. The number of carbonyl (C=O) groups excluding carboxylic acids is 1. The molecule has 0 amide bonds. The van der Waals surface area contributed by atoms with Crippen LogP contribution in [-0.2, 0) is 14.3 Å². The topological polar surface area (TPSA) is 55.8 Å². The van der Waals surface area contributed by atoms with Gasteiger partial charge < -0.3 is 14.6 Å². The molecule has 0 aromatic carbocycles. The third-order valence-corrected chi connectivity index (χ3v) is 9.09. The summed E-state index contributed by atoms with van der Waals surface area (Å²) in [6.07, 6.45) is 45.4. The lowest BCUT2D eigenvalue weighted by Crippen LogP contribution is -2.27. The molecule has 1 unspecified atom stereocenters. The lowest BCUT2D eigenvalue weighted by atomic mass is 10.0. The van der Waals surface area contributed by atoms with Gasteiger partial charge in [-0.1, -0.05) is 187 Å². The van der Waals surface area contributed by atoms with Crippen LogP contribution in [0.25, 0.3) is 0 Å². The highest BCUT2D eigenvalue weighted by molar-refractivity contribution is 5.69. The van der Waals surface area contributed by atoms with Crippen molar-refractivity contribution in [3.8, 4) is 0 Å². The molecule has 0 saturated heterocycles. The van der Waals surface area contributed by atoms with Gasteiger partial charge in [0.25, 0.3) is 0 Å². The Morgan fingerprint density at radius 3 is 1.27 bits per heavy atom. The maximum absolute atomic E-state index is 12.2. The number of allylic oxidation sites excluding steroid dienone is 2. The van der Waals surface area contributed by atoms with Gasteiger partial charge in [-0.05, 0) is 38.5 Å². The van der Waals surface area contributed by atoms with Gasteiger partial charge >= 0.3 is 5.97 Å². The van der Waals surface area contributed by atoms with E-state index >= 15 is 0 Å². The first-order valence-electron chi connectivity index (χ1n) is 20.3. The Balaban J connectivity index is 3.39. The molecule has 1 atom stereocenters. The summed E-state index contributed by atoms with van der Waals surface area (Å²) in [5.74, 6) is -0.198. The highest BCUT2D eigenvalue weighted by atomic mass is 16.6. The number of rotatable bonds is 38. The predicted molar refractivity (Wildman–Crippen MR) is 196 cm³/mol. The van der Waals surface area contributed by atoms with Crippen molar-refractivity contribution in [3.05, 3.63) is 12.2 Å². The first kappa shape index (κ1) is 44.1. The molecule has 0 aromatic heterocycles. The summed E-state index contributed by atoms with van der Waals surface area (Å²) in [6, 6.07) is 0. The molecule has 0 saturated carbocycles.